The van der Waals surface area contributed by atoms with Gasteiger partial charge in [0, 0.05) is 5.92 Å². The minimum Gasteiger partial charge on any atom is -0.444 e. The molecule has 1 saturated carbocycles. The van der Waals surface area contributed by atoms with E-state index in [1.165, 1.54) is 0 Å². The average molecular weight is 290 g/mol. The first kappa shape index (κ1) is 15.4. The van der Waals surface area contributed by atoms with Gasteiger partial charge in [-0.05, 0) is 39.2 Å². The Morgan fingerprint density at radius 3 is 2.55 bits per heavy atom. The molecule has 1 N–H and O–H groups in total. The number of nitrogens with one attached hydrogen (secondary N) is 1. The molecule has 1 heterocycles. The number of oxazole rings is 1. The molecule has 2 rings (SSSR count). The Hall–Kier alpha value is -1.04. The molecule has 1 aliphatic rings. The van der Waals surface area contributed by atoms with Gasteiger partial charge in [0.1, 0.15) is 5.76 Å². The van der Waals surface area contributed by atoms with E-state index < -0.39 is 12.1 Å². The first-order valence-corrected chi connectivity index (χ1v) is 7.17. The van der Waals surface area contributed by atoms with Crippen molar-refractivity contribution in [3.05, 3.63) is 17.8 Å². The van der Waals surface area contributed by atoms with E-state index in [4.69, 9.17) is 4.42 Å². The first-order valence-electron chi connectivity index (χ1n) is 7.17. The van der Waals surface area contributed by atoms with Crippen LogP contribution in [-0.4, -0.2) is 17.7 Å². The molecule has 0 spiro atoms. The second-order valence-corrected chi connectivity index (χ2v) is 5.47. The summed E-state index contributed by atoms with van der Waals surface area (Å²) in [4.78, 5) is 4.23. The summed E-state index contributed by atoms with van der Waals surface area (Å²) in [6, 6.07) is 0.0280. The largest absolute Gasteiger partial charge is 0.444 e. The average Bonchev–Trinajstić information content (AvgIpc) is 2.88. The molecule has 1 fully saturated rings. The van der Waals surface area contributed by atoms with E-state index in [2.05, 4.69) is 10.3 Å². The summed E-state index contributed by atoms with van der Waals surface area (Å²) < 4.78 is 43.6. The third-order valence-corrected chi connectivity index (χ3v) is 4.01. The molecule has 6 heteroatoms. The summed E-state index contributed by atoms with van der Waals surface area (Å²) in [5, 5.41) is 3.20. The van der Waals surface area contributed by atoms with E-state index in [0.29, 0.717) is 18.7 Å². The van der Waals surface area contributed by atoms with Crippen molar-refractivity contribution < 1.29 is 17.6 Å². The first-order chi connectivity index (χ1) is 9.41. The summed E-state index contributed by atoms with van der Waals surface area (Å²) in [5.74, 6) is 0.260. The third-order valence-electron chi connectivity index (χ3n) is 4.01. The highest BCUT2D eigenvalue weighted by Gasteiger charge is 2.42. The molecule has 1 aromatic heterocycles. The fraction of sp³-hybridized carbons (Fsp3) is 0.786. The van der Waals surface area contributed by atoms with Gasteiger partial charge in [-0.25, -0.2) is 4.98 Å². The molecule has 114 valence electrons. The van der Waals surface area contributed by atoms with Crippen molar-refractivity contribution >= 4 is 0 Å². The van der Waals surface area contributed by atoms with Crippen molar-refractivity contribution in [2.45, 2.75) is 57.7 Å². The van der Waals surface area contributed by atoms with Gasteiger partial charge in [0.15, 0.2) is 0 Å². The highest BCUT2D eigenvalue weighted by molar-refractivity contribution is 5.05. The highest BCUT2D eigenvalue weighted by Crippen LogP contribution is 2.43. The van der Waals surface area contributed by atoms with Crippen molar-refractivity contribution in [3.63, 3.8) is 0 Å². The number of halogens is 3. The van der Waals surface area contributed by atoms with Crippen LogP contribution in [0.5, 0.6) is 0 Å². The van der Waals surface area contributed by atoms with Crippen molar-refractivity contribution in [2.24, 2.45) is 5.92 Å². The van der Waals surface area contributed by atoms with Crippen LogP contribution in [0.15, 0.2) is 10.6 Å². The van der Waals surface area contributed by atoms with E-state index >= 15 is 0 Å². The van der Waals surface area contributed by atoms with Gasteiger partial charge in [0.2, 0.25) is 5.89 Å². The maximum atomic E-state index is 12.6. The number of rotatable bonds is 4. The predicted molar refractivity (Wildman–Crippen MR) is 69.3 cm³/mol. The second-order valence-electron chi connectivity index (χ2n) is 5.47. The molecule has 0 amide bonds. The van der Waals surface area contributed by atoms with Gasteiger partial charge in [-0.2, -0.15) is 13.2 Å². The van der Waals surface area contributed by atoms with Gasteiger partial charge >= 0.3 is 6.18 Å². The molecular formula is C14H21F3N2O. The summed E-state index contributed by atoms with van der Waals surface area (Å²) >= 11 is 0. The SMILES string of the molecule is CCNC(C)c1ncc(C2CCC(C(F)(F)F)CC2)o1. The second kappa shape index (κ2) is 6.16. The van der Waals surface area contributed by atoms with E-state index in [0.717, 1.165) is 12.3 Å². The molecule has 0 bridgehead atoms. The Labute approximate surface area is 117 Å². The molecule has 1 unspecified atom stereocenters. The van der Waals surface area contributed by atoms with Crippen LogP contribution in [0.4, 0.5) is 13.2 Å². The van der Waals surface area contributed by atoms with Crippen LogP contribution in [0.25, 0.3) is 0 Å². The Bertz CT molecular complexity index is 422. The lowest BCUT2D eigenvalue weighted by Gasteiger charge is -2.28. The van der Waals surface area contributed by atoms with Gasteiger partial charge in [-0.3, -0.25) is 0 Å². The Balaban J connectivity index is 1.94. The minimum absolute atomic E-state index is 0.0280. The molecule has 0 radical (unpaired) electrons. The maximum absolute atomic E-state index is 12.6. The Morgan fingerprint density at radius 2 is 2.00 bits per heavy atom. The van der Waals surface area contributed by atoms with Crippen LogP contribution < -0.4 is 5.32 Å². The number of hydrogen-bond acceptors (Lipinski definition) is 3. The molecule has 20 heavy (non-hydrogen) atoms. The zero-order chi connectivity index (χ0) is 14.8. The van der Waals surface area contributed by atoms with Crippen molar-refractivity contribution in [1.82, 2.24) is 10.3 Å². The van der Waals surface area contributed by atoms with Crippen LogP contribution in [0.1, 0.15) is 63.1 Å². The van der Waals surface area contributed by atoms with E-state index in [9.17, 15) is 13.2 Å². The number of nitrogens with zero attached hydrogens (tertiary/aromatic N) is 1. The lowest BCUT2D eigenvalue weighted by atomic mass is 9.81. The molecule has 3 nitrogen and oxygen atoms in total. The molecule has 1 aromatic rings. The van der Waals surface area contributed by atoms with Gasteiger partial charge in [0.25, 0.3) is 0 Å². The molecule has 1 aliphatic carbocycles. The van der Waals surface area contributed by atoms with Crippen LogP contribution in [0, 0.1) is 5.92 Å². The quantitative estimate of drug-likeness (QED) is 0.904. The third kappa shape index (κ3) is 3.53. The van der Waals surface area contributed by atoms with Crippen LogP contribution in [0.2, 0.25) is 0 Å². The summed E-state index contributed by atoms with van der Waals surface area (Å²) in [7, 11) is 0. The normalized spacial score (nSPS) is 25.6. The summed E-state index contributed by atoms with van der Waals surface area (Å²) in [6.07, 6.45) is -0.971. The highest BCUT2D eigenvalue weighted by atomic mass is 19.4. The fourth-order valence-corrected chi connectivity index (χ4v) is 2.79. The Morgan fingerprint density at radius 1 is 1.35 bits per heavy atom. The standard InChI is InChI=1S/C14H21F3N2O/c1-3-18-9(2)13-19-8-12(20-13)10-4-6-11(7-5-10)14(15,16)17/h8-11,18H,3-7H2,1-2H3. The molecular weight excluding hydrogens is 269 g/mol. The van der Waals surface area contributed by atoms with Gasteiger partial charge < -0.3 is 9.73 Å². The number of aromatic nitrogens is 1. The fourth-order valence-electron chi connectivity index (χ4n) is 2.79. The van der Waals surface area contributed by atoms with E-state index in [1.807, 2.05) is 13.8 Å². The maximum Gasteiger partial charge on any atom is 0.391 e. The molecule has 0 aliphatic heterocycles. The van der Waals surface area contributed by atoms with Crippen molar-refractivity contribution in [1.29, 1.82) is 0 Å². The lowest BCUT2D eigenvalue weighted by Crippen LogP contribution is -2.27. The summed E-state index contributed by atoms with van der Waals surface area (Å²) in [5.41, 5.74) is 0. The van der Waals surface area contributed by atoms with E-state index in [-0.39, 0.29) is 24.8 Å². The predicted octanol–water partition coefficient (Wildman–Crippen LogP) is 4.18. The molecule has 1 atom stereocenters. The number of alkyl halides is 3. The zero-order valence-electron chi connectivity index (χ0n) is 11.8. The molecule has 0 saturated heterocycles. The summed E-state index contributed by atoms with van der Waals surface area (Å²) in [6.45, 7) is 4.77. The van der Waals surface area contributed by atoms with Crippen molar-refractivity contribution in [3.8, 4) is 0 Å². The van der Waals surface area contributed by atoms with Gasteiger partial charge in [-0.15, -0.1) is 0 Å². The smallest absolute Gasteiger partial charge is 0.391 e. The number of hydrogen-bond donors (Lipinski definition) is 1. The zero-order valence-corrected chi connectivity index (χ0v) is 11.8. The van der Waals surface area contributed by atoms with Crippen LogP contribution in [0.3, 0.4) is 0 Å². The van der Waals surface area contributed by atoms with E-state index in [1.54, 1.807) is 6.20 Å². The Kier molecular flexibility index (Phi) is 4.73. The van der Waals surface area contributed by atoms with Gasteiger partial charge in [-0.1, -0.05) is 6.92 Å². The van der Waals surface area contributed by atoms with Crippen LogP contribution in [-0.2, 0) is 0 Å². The topological polar surface area (TPSA) is 38.1 Å². The monoisotopic (exact) mass is 290 g/mol. The van der Waals surface area contributed by atoms with Gasteiger partial charge in [0.05, 0.1) is 18.2 Å². The van der Waals surface area contributed by atoms with Crippen LogP contribution >= 0.6 is 0 Å². The lowest BCUT2D eigenvalue weighted by molar-refractivity contribution is -0.182. The minimum atomic E-state index is -4.06. The van der Waals surface area contributed by atoms with Crippen molar-refractivity contribution in [2.75, 3.05) is 6.54 Å². The molecule has 0 aromatic carbocycles.